The van der Waals surface area contributed by atoms with Crippen molar-refractivity contribution in [3.05, 3.63) is 54.6 Å². The van der Waals surface area contributed by atoms with Crippen LogP contribution in [0.3, 0.4) is 0 Å². The van der Waals surface area contributed by atoms with E-state index < -0.39 is 12.0 Å². The van der Waals surface area contributed by atoms with Crippen LogP contribution >= 0.6 is 0 Å². The second-order valence-electron chi connectivity index (χ2n) is 6.52. The number of para-hydroxylation sites is 3. The van der Waals surface area contributed by atoms with Crippen LogP contribution < -0.4 is 15.4 Å². The van der Waals surface area contributed by atoms with Crippen molar-refractivity contribution in [3.8, 4) is 11.5 Å². The lowest BCUT2D eigenvalue weighted by Gasteiger charge is -2.33. The number of amides is 2. The van der Waals surface area contributed by atoms with Gasteiger partial charge < -0.3 is 20.1 Å². The number of methoxy groups -OCH3 is 1. The van der Waals surface area contributed by atoms with Crippen LogP contribution in [0, 0.1) is 0 Å². The zero-order valence-electron chi connectivity index (χ0n) is 16.1. The van der Waals surface area contributed by atoms with Crippen molar-refractivity contribution < 1.29 is 23.9 Å². The molecule has 0 spiro atoms. The van der Waals surface area contributed by atoms with Gasteiger partial charge in [-0.25, -0.2) is 0 Å². The number of ether oxygens (including phenoxy) is 2. The number of carbonyl (C=O) groups excluding carboxylic acids is 3. The van der Waals surface area contributed by atoms with Crippen LogP contribution in [0.25, 0.3) is 0 Å². The van der Waals surface area contributed by atoms with E-state index in [0.717, 1.165) is 0 Å². The molecule has 0 aliphatic carbocycles. The summed E-state index contributed by atoms with van der Waals surface area (Å²) in [6, 6.07) is 15.6. The number of esters is 1. The lowest BCUT2D eigenvalue weighted by atomic mass is 10.1. The van der Waals surface area contributed by atoms with Crippen LogP contribution in [0.2, 0.25) is 0 Å². The molecule has 8 heteroatoms. The second-order valence-corrected chi connectivity index (χ2v) is 6.52. The van der Waals surface area contributed by atoms with Crippen LogP contribution in [0.4, 0.5) is 5.69 Å². The van der Waals surface area contributed by atoms with E-state index >= 15 is 0 Å². The van der Waals surface area contributed by atoms with Gasteiger partial charge in [0.2, 0.25) is 11.8 Å². The number of carbonyl (C=O) groups is 3. The van der Waals surface area contributed by atoms with Crippen molar-refractivity contribution in [2.24, 2.45) is 0 Å². The first-order valence-electron chi connectivity index (χ1n) is 9.27. The fourth-order valence-corrected chi connectivity index (χ4v) is 3.06. The molecule has 1 aliphatic heterocycles. The third-order valence-electron chi connectivity index (χ3n) is 4.51. The summed E-state index contributed by atoms with van der Waals surface area (Å²) in [5, 5.41) is 5.54. The largest absolute Gasteiger partial charge is 0.469 e. The zero-order valence-corrected chi connectivity index (χ0v) is 16.1. The summed E-state index contributed by atoms with van der Waals surface area (Å²) in [4.78, 5) is 38.1. The van der Waals surface area contributed by atoms with Crippen LogP contribution in [0.1, 0.15) is 6.42 Å². The van der Waals surface area contributed by atoms with Crippen molar-refractivity contribution in [1.29, 1.82) is 0 Å². The highest BCUT2D eigenvalue weighted by Crippen LogP contribution is 2.29. The molecule has 1 heterocycles. The normalized spacial score (nSPS) is 16.6. The summed E-state index contributed by atoms with van der Waals surface area (Å²) in [6.45, 7) is 0.842. The van der Waals surface area contributed by atoms with Crippen LogP contribution in [0.15, 0.2) is 54.6 Å². The molecule has 2 amide bonds. The standard InChI is InChI=1S/C21H23N3O5/c1-28-20(26)13-17-21(27)22-11-12-24(17)14-19(25)23-16-9-5-6-10-18(16)29-15-7-3-2-4-8-15/h2-10,17H,11-14H2,1H3,(H,22,27)(H,23,25)/t17-/m0/s1. The van der Waals surface area contributed by atoms with E-state index in [2.05, 4.69) is 15.4 Å². The molecule has 0 radical (unpaired) electrons. The molecule has 2 aromatic rings. The maximum atomic E-state index is 12.6. The topological polar surface area (TPSA) is 97.0 Å². The minimum atomic E-state index is -0.738. The average molecular weight is 397 g/mol. The lowest BCUT2D eigenvalue weighted by molar-refractivity contribution is -0.146. The fourth-order valence-electron chi connectivity index (χ4n) is 3.06. The van der Waals surface area contributed by atoms with Gasteiger partial charge in [-0.3, -0.25) is 19.3 Å². The second kappa shape index (κ2) is 9.70. The Kier molecular flexibility index (Phi) is 6.80. The number of anilines is 1. The van der Waals surface area contributed by atoms with E-state index in [1.54, 1.807) is 23.1 Å². The first-order chi connectivity index (χ1) is 14.1. The Bertz CT molecular complexity index is 872. The quantitative estimate of drug-likeness (QED) is 0.692. The van der Waals surface area contributed by atoms with Gasteiger partial charge in [0.25, 0.3) is 0 Å². The molecule has 0 saturated carbocycles. The Balaban J connectivity index is 1.67. The van der Waals surface area contributed by atoms with E-state index in [1.807, 2.05) is 36.4 Å². The molecular weight excluding hydrogens is 374 g/mol. The maximum absolute atomic E-state index is 12.6. The van der Waals surface area contributed by atoms with Gasteiger partial charge in [0.05, 0.1) is 25.8 Å². The highest BCUT2D eigenvalue weighted by molar-refractivity contribution is 5.95. The van der Waals surface area contributed by atoms with Crippen LogP contribution in [-0.2, 0) is 19.1 Å². The summed E-state index contributed by atoms with van der Waals surface area (Å²) in [5.41, 5.74) is 0.521. The van der Waals surface area contributed by atoms with Gasteiger partial charge in [-0.15, -0.1) is 0 Å². The number of nitrogens with one attached hydrogen (secondary N) is 2. The van der Waals surface area contributed by atoms with Gasteiger partial charge in [-0.1, -0.05) is 30.3 Å². The lowest BCUT2D eigenvalue weighted by Crippen LogP contribution is -2.57. The molecule has 2 N–H and O–H groups in total. The minimum absolute atomic E-state index is 0.0330. The Morgan fingerprint density at radius 1 is 1.14 bits per heavy atom. The summed E-state index contributed by atoms with van der Waals surface area (Å²) in [5.74, 6) is 0.0644. The van der Waals surface area contributed by atoms with Crippen molar-refractivity contribution in [3.63, 3.8) is 0 Å². The van der Waals surface area contributed by atoms with Crippen LogP contribution in [-0.4, -0.2) is 55.5 Å². The third-order valence-corrected chi connectivity index (χ3v) is 4.51. The molecule has 0 unspecified atom stereocenters. The first-order valence-corrected chi connectivity index (χ1v) is 9.27. The van der Waals surface area contributed by atoms with Gasteiger partial charge in [0, 0.05) is 13.1 Å². The van der Waals surface area contributed by atoms with E-state index in [0.29, 0.717) is 30.3 Å². The van der Waals surface area contributed by atoms with E-state index in [4.69, 9.17) is 4.74 Å². The third kappa shape index (κ3) is 5.55. The first kappa shape index (κ1) is 20.3. The average Bonchev–Trinajstić information content (AvgIpc) is 2.72. The summed E-state index contributed by atoms with van der Waals surface area (Å²) in [7, 11) is 1.27. The number of nitrogens with zero attached hydrogens (tertiary/aromatic N) is 1. The number of hydrogen-bond acceptors (Lipinski definition) is 6. The predicted octanol–water partition coefficient (Wildman–Crippen LogP) is 1.78. The Labute approximate surface area is 168 Å². The van der Waals surface area contributed by atoms with Gasteiger partial charge in [0.1, 0.15) is 11.8 Å². The monoisotopic (exact) mass is 397 g/mol. The fraction of sp³-hybridized carbons (Fsp3) is 0.286. The van der Waals surface area contributed by atoms with Crippen molar-refractivity contribution >= 4 is 23.5 Å². The molecule has 0 bridgehead atoms. The molecule has 2 aromatic carbocycles. The smallest absolute Gasteiger partial charge is 0.307 e. The van der Waals surface area contributed by atoms with Gasteiger partial charge in [-0.05, 0) is 24.3 Å². The highest BCUT2D eigenvalue weighted by atomic mass is 16.5. The summed E-state index contributed by atoms with van der Waals surface area (Å²) >= 11 is 0. The molecule has 1 fully saturated rings. The highest BCUT2D eigenvalue weighted by Gasteiger charge is 2.33. The van der Waals surface area contributed by atoms with Crippen molar-refractivity contribution in [2.75, 3.05) is 32.1 Å². The number of benzene rings is 2. The van der Waals surface area contributed by atoms with Gasteiger partial charge in [0.15, 0.2) is 5.75 Å². The van der Waals surface area contributed by atoms with Crippen molar-refractivity contribution in [1.82, 2.24) is 10.2 Å². The molecule has 29 heavy (non-hydrogen) atoms. The minimum Gasteiger partial charge on any atom is -0.469 e. The van der Waals surface area contributed by atoms with Gasteiger partial charge in [-0.2, -0.15) is 0 Å². The number of piperazine rings is 1. The molecule has 3 rings (SSSR count). The SMILES string of the molecule is COC(=O)C[C@H]1C(=O)NCCN1CC(=O)Nc1ccccc1Oc1ccccc1. The van der Waals surface area contributed by atoms with Crippen LogP contribution in [0.5, 0.6) is 11.5 Å². The Morgan fingerprint density at radius 2 is 1.86 bits per heavy atom. The Morgan fingerprint density at radius 3 is 2.62 bits per heavy atom. The summed E-state index contributed by atoms with van der Waals surface area (Å²) in [6.07, 6.45) is -0.108. The molecule has 0 aromatic heterocycles. The molecule has 1 atom stereocenters. The number of hydrogen-bond donors (Lipinski definition) is 2. The molecule has 152 valence electrons. The Hall–Kier alpha value is -3.39. The van der Waals surface area contributed by atoms with Crippen molar-refractivity contribution in [2.45, 2.75) is 12.5 Å². The number of rotatable bonds is 7. The molecule has 1 saturated heterocycles. The molecule has 8 nitrogen and oxygen atoms in total. The molecule has 1 aliphatic rings. The summed E-state index contributed by atoms with van der Waals surface area (Å²) < 4.78 is 10.5. The zero-order chi connectivity index (χ0) is 20.6. The van der Waals surface area contributed by atoms with E-state index in [9.17, 15) is 14.4 Å². The maximum Gasteiger partial charge on any atom is 0.307 e. The predicted molar refractivity (Wildman–Crippen MR) is 107 cm³/mol. The van der Waals surface area contributed by atoms with E-state index in [1.165, 1.54) is 7.11 Å². The van der Waals surface area contributed by atoms with E-state index in [-0.39, 0.29) is 24.8 Å². The molecular formula is C21H23N3O5. The van der Waals surface area contributed by atoms with Gasteiger partial charge >= 0.3 is 5.97 Å².